The number of carbonyl (C=O) groups excluding carboxylic acids is 1. The second-order valence-electron chi connectivity index (χ2n) is 4.23. The third kappa shape index (κ3) is 2.14. The number of halogens is 1. The number of anilines is 1. The van der Waals surface area contributed by atoms with Crippen LogP contribution in [0.3, 0.4) is 0 Å². The van der Waals surface area contributed by atoms with Gasteiger partial charge in [-0.3, -0.25) is 4.79 Å². The van der Waals surface area contributed by atoms with E-state index in [0.717, 1.165) is 24.2 Å². The minimum atomic E-state index is -0.135. The van der Waals surface area contributed by atoms with Crippen molar-refractivity contribution in [2.75, 3.05) is 18.9 Å². The zero-order valence-electron chi connectivity index (χ0n) is 9.46. The monoisotopic (exact) mass is 238 g/mol. The number of benzene rings is 1. The van der Waals surface area contributed by atoms with E-state index in [-0.39, 0.29) is 11.9 Å². The van der Waals surface area contributed by atoms with E-state index in [0.29, 0.717) is 5.02 Å². The third-order valence-electron chi connectivity index (χ3n) is 2.88. The van der Waals surface area contributed by atoms with Crippen molar-refractivity contribution < 1.29 is 4.79 Å². The summed E-state index contributed by atoms with van der Waals surface area (Å²) in [5.41, 5.74) is 1.97. The van der Waals surface area contributed by atoms with Gasteiger partial charge >= 0.3 is 0 Å². The summed E-state index contributed by atoms with van der Waals surface area (Å²) in [6.45, 7) is 2.81. The van der Waals surface area contributed by atoms with Crippen molar-refractivity contribution in [1.29, 1.82) is 0 Å². The molecule has 1 aliphatic rings. The molecule has 1 N–H and O–H groups in total. The Labute approximate surface area is 100 Å². The van der Waals surface area contributed by atoms with Crippen molar-refractivity contribution >= 4 is 23.2 Å². The molecule has 0 radical (unpaired) electrons. The van der Waals surface area contributed by atoms with Gasteiger partial charge in [0.05, 0.1) is 10.7 Å². The van der Waals surface area contributed by atoms with Gasteiger partial charge in [-0.25, -0.2) is 0 Å². The van der Waals surface area contributed by atoms with Crippen LogP contribution in [0, 0.1) is 6.92 Å². The minimum Gasteiger partial charge on any atom is -0.372 e. The Balaban J connectivity index is 2.15. The maximum Gasteiger partial charge on any atom is 0.244 e. The molecule has 1 heterocycles. The molecule has 2 rings (SSSR count). The van der Waals surface area contributed by atoms with Crippen LogP contribution in [0.15, 0.2) is 18.2 Å². The summed E-state index contributed by atoms with van der Waals surface area (Å²) in [4.78, 5) is 13.5. The molecule has 0 aromatic heterocycles. The highest BCUT2D eigenvalue weighted by atomic mass is 35.5. The Bertz CT molecular complexity index is 419. The summed E-state index contributed by atoms with van der Waals surface area (Å²) in [5, 5.41) is 3.87. The molecular weight excluding hydrogens is 224 g/mol. The topological polar surface area (TPSA) is 32.3 Å². The number of amides is 1. The molecule has 1 saturated heterocycles. The lowest BCUT2D eigenvalue weighted by Crippen LogP contribution is -2.31. The average Bonchev–Trinajstić information content (AvgIpc) is 2.55. The van der Waals surface area contributed by atoms with E-state index in [2.05, 4.69) is 5.32 Å². The Hall–Kier alpha value is -1.22. The molecule has 4 heteroatoms. The lowest BCUT2D eigenvalue weighted by molar-refractivity contribution is -0.127. The van der Waals surface area contributed by atoms with Crippen LogP contribution in [0.4, 0.5) is 5.69 Å². The first-order valence-corrected chi connectivity index (χ1v) is 5.73. The highest BCUT2D eigenvalue weighted by Crippen LogP contribution is 2.25. The Morgan fingerprint density at radius 3 is 2.88 bits per heavy atom. The fourth-order valence-corrected chi connectivity index (χ4v) is 2.07. The molecule has 0 spiro atoms. The van der Waals surface area contributed by atoms with Gasteiger partial charge in [-0.05, 0) is 31.0 Å². The summed E-state index contributed by atoms with van der Waals surface area (Å²) in [5.74, 6) is 0.137. The maximum absolute atomic E-state index is 11.7. The lowest BCUT2D eigenvalue weighted by Gasteiger charge is -2.15. The highest BCUT2D eigenvalue weighted by Gasteiger charge is 2.29. The Morgan fingerprint density at radius 2 is 2.25 bits per heavy atom. The van der Waals surface area contributed by atoms with Gasteiger partial charge in [0, 0.05) is 13.6 Å². The van der Waals surface area contributed by atoms with Gasteiger partial charge in [-0.15, -0.1) is 0 Å². The van der Waals surface area contributed by atoms with Crippen molar-refractivity contribution in [1.82, 2.24) is 4.90 Å². The number of nitrogens with one attached hydrogen (secondary N) is 1. The summed E-state index contributed by atoms with van der Waals surface area (Å²) in [7, 11) is 1.82. The number of aryl methyl sites for hydroxylation is 1. The normalized spacial score (nSPS) is 20.3. The van der Waals surface area contributed by atoms with E-state index >= 15 is 0 Å². The van der Waals surface area contributed by atoms with Crippen LogP contribution in [0.2, 0.25) is 5.02 Å². The van der Waals surface area contributed by atoms with E-state index in [9.17, 15) is 4.79 Å². The molecule has 1 aromatic carbocycles. The van der Waals surface area contributed by atoms with E-state index in [4.69, 9.17) is 11.6 Å². The molecule has 1 amide bonds. The Morgan fingerprint density at radius 1 is 1.50 bits per heavy atom. The van der Waals surface area contributed by atoms with Crippen molar-refractivity contribution in [2.45, 2.75) is 19.4 Å². The minimum absolute atomic E-state index is 0.135. The SMILES string of the molecule is Cc1ccc(Cl)c(NC2CCN(C)C2=O)c1. The van der Waals surface area contributed by atoms with E-state index in [1.54, 1.807) is 4.90 Å². The molecule has 1 fully saturated rings. The van der Waals surface area contributed by atoms with Crippen LogP contribution in [-0.4, -0.2) is 30.4 Å². The summed E-state index contributed by atoms with van der Waals surface area (Å²) in [6.07, 6.45) is 0.833. The molecular formula is C12H15ClN2O. The standard InChI is InChI=1S/C12H15ClN2O/c1-8-3-4-9(13)11(7-8)14-10-5-6-15(2)12(10)16/h3-4,7,10,14H,5-6H2,1-2H3. The fraction of sp³-hybridized carbons (Fsp3) is 0.417. The molecule has 0 bridgehead atoms. The van der Waals surface area contributed by atoms with Gasteiger partial charge in [0.25, 0.3) is 0 Å². The highest BCUT2D eigenvalue weighted by molar-refractivity contribution is 6.33. The van der Waals surface area contributed by atoms with Crippen LogP contribution >= 0.6 is 11.6 Å². The molecule has 1 unspecified atom stereocenters. The first-order chi connectivity index (χ1) is 7.58. The van der Waals surface area contributed by atoms with Crippen LogP contribution in [0.1, 0.15) is 12.0 Å². The number of hydrogen-bond acceptors (Lipinski definition) is 2. The van der Waals surface area contributed by atoms with Crippen LogP contribution in [-0.2, 0) is 4.79 Å². The van der Waals surface area contributed by atoms with Gasteiger partial charge < -0.3 is 10.2 Å². The third-order valence-corrected chi connectivity index (χ3v) is 3.21. The zero-order valence-corrected chi connectivity index (χ0v) is 10.2. The second kappa shape index (κ2) is 4.34. The molecule has 0 saturated carbocycles. The average molecular weight is 239 g/mol. The van der Waals surface area contributed by atoms with Crippen molar-refractivity contribution in [3.05, 3.63) is 28.8 Å². The number of likely N-dealkylation sites (tertiary alicyclic amines) is 1. The van der Waals surface area contributed by atoms with Crippen LogP contribution in [0.5, 0.6) is 0 Å². The van der Waals surface area contributed by atoms with E-state index in [1.807, 2.05) is 32.2 Å². The van der Waals surface area contributed by atoms with Crippen molar-refractivity contribution in [2.24, 2.45) is 0 Å². The van der Waals surface area contributed by atoms with Crippen LogP contribution in [0.25, 0.3) is 0 Å². The van der Waals surface area contributed by atoms with Gasteiger partial charge in [0.1, 0.15) is 6.04 Å². The lowest BCUT2D eigenvalue weighted by atomic mass is 10.2. The fourth-order valence-electron chi connectivity index (χ4n) is 1.89. The molecule has 86 valence electrons. The largest absolute Gasteiger partial charge is 0.372 e. The van der Waals surface area contributed by atoms with E-state index < -0.39 is 0 Å². The van der Waals surface area contributed by atoms with Gasteiger partial charge in [0.15, 0.2) is 0 Å². The molecule has 16 heavy (non-hydrogen) atoms. The van der Waals surface area contributed by atoms with Crippen molar-refractivity contribution in [3.63, 3.8) is 0 Å². The number of hydrogen-bond donors (Lipinski definition) is 1. The first-order valence-electron chi connectivity index (χ1n) is 5.35. The molecule has 1 aromatic rings. The number of likely N-dealkylation sites (N-methyl/N-ethyl adjacent to an activating group) is 1. The number of nitrogens with zero attached hydrogens (tertiary/aromatic N) is 1. The second-order valence-corrected chi connectivity index (χ2v) is 4.64. The first kappa shape index (κ1) is 11.3. The maximum atomic E-state index is 11.7. The molecule has 3 nitrogen and oxygen atoms in total. The van der Waals surface area contributed by atoms with E-state index in [1.165, 1.54) is 0 Å². The Kier molecular flexibility index (Phi) is 3.06. The molecule has 1 atom stereocenters. The van der Waals surface area contributed by atoms with Gasteiger partial charge in [0.2, 0.25) is 5.91 Å². The van der Waals surface area contributed by atoms with Crippen LogP contribution < -0.4 is 5.32 Å². The van der Waals surface area contributed by atoms with Gasteiger partial charge in [-0.1, -0.05) is 17.7 Å². The predicted molar refractivity (Wildman–Crippen MR) is 65.9 cm³/mol. The zero-order chi connectivity index (χ0) is 11.7. The van der Waals surface area contributed by atoms with Gasteiger partial charge in [-0.2, -0.15) is 0 Å². The summed E-state index contributed by atoms with van der Waals surface area (Å²) < 4.78 is 0. The summed E-state index contributed by atoms with van der Waals surface area (Å²) in [6, 6.07) is 5.64. The number of carbonyl (C=O) groups is 1. The molecule has 1 aliphatic heterocycles. The number of rotatable bonds is 2. The summed E-state index contributed by atoms with van der Waals surface area (Å²) >= 11 is 6.07. The smallest absolute Gasteiger partial charge is 0.244 e. The molecule has 0 aliphatic carbocycles. The van der Waals surface area contributed by atoms with Crippen molar-refractivity contribution in [3.8, 4) is 0 Å². The predicted octanol–water partition coefficient (Wildman–Crippen LogP) is 2.29. The quantitative estimate of drug-likeness (QED) is 0.858.